The summed E-state index contributed by atoms with van der Waals surface area (Å²) in [6, 6.07) is 0. The van der Waals surface area contributed by atoms with Crippen LogP contribution >= 0.6 is 0 Å². The third-order valence-corrected chi connectivity index (χ3v) is 1.91. The van der Waals surface area contributed by atoms with Gasteiger partial charge in [0.05, 0.1) is 13.2 Å². The number of rotatable bonds is 0. The Bertz CT molecular complexity index is 116. The monoisotopic (exact) mass is 126 g/mol. The molecular weight excluding hydrogens is 112 g/mol. The van der Waals surface area contributed by atoms with E-state index in [0.29, 0.717) is 5.92 Å². The second kappa shape index (κ2) is 3.02. The van der Waals surface area contributed by atoms with Gasteiger partial charge in [-0.2, -0.15) is 0 Å². The maximum atomic E-state index is 5.27. The van der Waals surface area contributed by atoms with E-state index in [-0.39, 0.29) is 0 Å². The molecule has 0 aromatic heterocycles. The molecule has 0 saturated carbocycles. The zero-order chi connectivity index (χ0) is 6.69. The average Bonchev–Trinajstić information content (AvgIpc) is 1.89. The average molecular weight is 126 g/mol. The van der Waals surface area contributed by atoms with Gasteiger partial charge in [-0.1, -0.05) is 18.6 Å². The second-order valence-corrected chi connectivity index (χ2v) is 2.59. The normalized spacial score (nSPS) is 33.1. The molecule has 1 rings (SSSR count). The Morgan fingerprint density at radius 3 is 2.89 bits per heavy atom. The minimum Gasteiger partial charge on any atom is -0.381 e. The molecule has 0 amide bonds. The third kappa shape index (κ3) is 1.55. The standard InChI is InChI=1S/C8H14O/c1-3-8-4-5-9-6-7(8)2/h3,7H,4-6H2,1-2H3/b8-3+. The van der Waals surface area contributed by atoms with Crippen molar-refractivity contribution >= 4 is 0 Å². The number of hydrogen-bond donors (Lipinski definition) is 0. The van der Waals surface area contributed by atoms with Gasteiger partial charge in [-0.3, -0.25) is 0 Å². The number of hydrogen-bond acceptors (Lipinski definition) is 1. The van der Waals surface area contributed by atoms with Gasteiger partial charge in [-0.25, -0.2) is 0 Å². The molecule has 0 aromatic rings. The lowest BCUT2D eigenvalue weighted by atomic mass is 9.97. The molecule has 1 nitrogen and oxygen atoms in total. The molecule has 9 heavy (non-hydrogen) atoms. The van der Waals surface area contributed by atoms with Crippen LogP contribution < -0.4 is 0 Å². The Kier molecular flexibility index (Phi) is 2.29. The molecule has 1 saturated heterocycles. The van der Waals surface area contributed by atoms with Crippen LogP contribution in [0.2, 0.25) is 0 Å². The van der Waals surface area contributed by atoms with Crippen LogP contribution in [0.4, 0.5) is 0 Å². The maximum Gasteiger partial charge on any atom is 0.0528 e. The van der Waals surface area contributed by atoms with E-state index in [1.165, 1.54) is 0 Å². The molecule has 1 aliphatic rings. The highest BCUT2D eigenvalue weighted by atomic mass is 16.5. The fraction of sp³-hybridized carbons (Fsp3) is 0.750. The summed E-state index contributed by atoms with van der Waals surface area (Å²) in [5.41, 5.74) is 1.56. The van der Waals surface area contributed by atoms with Crippen LogP contribution in [0.25, 0.3) is 0 Å². The van der Waals surface area contributed by atoms with E-state index in [1.807, 2.05) is 0 Å². The lowest BCUT2D eigenvalue weighted by Gasteiger charge is -2.21. The Morgan fingerprint density at radius 1 is 1.67 bits per heavy atom. The Labute approximate surface area is 56.7 Å². The highest BCUT2D eigenvalue weighted by Gasteiger charge is 2.12. The maximum absolute atomic E-state index is 5.27. The summed E-state index contributed by atoms with van der Waals surface area (Å²) in [4.78, 5) is 0. The zero-order valence-electron chi connectivity index (χ0n) is 6.18. The van der Waals surface area contributed by atoms with E-state index in [9.17, 15) is 0 Å². The molecule has 0 N–H and O–H groups in total. The van der Waals surface area contributed by atoms with Crippen molar-refractivity contribution in [3.05, 3.63) is 11.6 Å². The van der Waals surface area contributed by atoms with Crippen LogP contribution in [0, 0.1) is 5.92 Å². The topological polar surface area (TPSA) is 9.23 Å². The summed E-state index contributed by atoms with van der Waals surface area (Å²) < 4.78 is 5.27. The van der Waals surface area contributed by atoms with Crippen molar-refractivity contribution in [2.45, 2.75) is 20.3 Å². The first-order valence-corrected chi connectivity index (χ1v) is 3.57. The van der Waals surface area contributed by atoms with E-state index in [0.717, 1.165) is 19.6 Å². The predicted molar refractivity (Wildman–Crippen MR) is 38.4 cm³/mol. The fourth-order valence-corrected chi connectivity index (χ4v) is 1.23. The summed E-state index contributed by atoms with van der Waals surface area (Å²) in [5.74, 6) is 0.656. The van der Waals surface area contributed by atoms with Gasteiger partial charge < -0.3 is 4.74 Å². The predicted octanol–water partition coefficient (Wildman–Crippen LogP) is 1.99. The molecule has 1 heteroatoms. The summed E-state index contributed by atoms with van der Waals surface area (Å²) in [5, 5.41) is 0. The largest absolute Gasteiger partial charge is 0.381 e. The highest BCUT2D eigenvalue weighted by molar-refractivity contribution is 5.05. The summed E-state index contributed by atoms with van der Waals surface area (Å²) in [7, 11) is 0. The Hall–Kier alpha value is -0.300. The lowest BCUT2D eigenvalue weighted by molar-refractivity contribution is 0.0899. The molecule has 0 radical (unpaired) electrons. The van der Waals surface area contributed by atoms with Gasteiger partial charge in [0.2, 0.25) is 0 Å². The van der Waals surface area contributed by atoms with Crippen LogP contribution in [-0.4, -0.2) is 13.2 Å². The molecule has 0 aromatic carbocycles. The van der Waals surface area contributed by atoms with Crippen LogP contribution in [0.15, 0.2) is 11.6 Å². The molecule has 1 aliphatic heterocycles. The molecule has 0 aliphatic carbocycles. The number of ether oxygens (including phenoxy) is 1. The molecule has 1 unspecified atom stereocenters. The van der Waals surface area contributed by atoms with Crippen LogP contribution in [0.3, 0.4) is 0 Å². The fourth-order valence-electron chi connectivity index (χ4n) is 1.23. The van der Waals surface area contributed by atoms with Crippen molar-refractivity contribution in [1.82, 2.24) is 0 Å². The summed E-state index contributed by atoms with van der Waals surface area (Å²) >= 11 is 0. The summed E-state index contributed by atoms with van der Waals surface area (Å²) in [6.45, 7) is 6.16. The SMILES string of the molecule is C/C=C1\CCOCC1C. The molecule has 1 atom stereocenters. The van der Waals surface area contributed by atoms with Gasteiger partial charge in [0.15, 0.2) is 0 Å². The van der Waals surface area contributed by atoms with Crippen molar-refractivity contribution in [2.24, 2.45) is 5.92 Å². The van der Waals surface area contributed by atoms with Crippen molar-refractivity contribution in [2.75, 3.05) is 13.2 Å². The van der Waals surface area contributed by atoms with Gasteiger partial charge in [-0.15, -0.1) is 0 Å². The number of allylic oxidation sites excluding steroid dienone is 1. The van der Waals surface area contributed by atoms with E-state index >= 15 is 0 Å². The van der Waals surface area contributed by atoms with Gasteiger partial charge in [0.25, 0.3) is 0 Å². The molecule has 1 heterocycles. The second-order valence-electron chi connectivity index (χ2n) is 2.59. The first-order valence-electron chi connectivity index (χ1n) is 3.57. The molecule has 1 fully saturated rings. The van der Waals surface area contributed by atoms with Crippen LogP contribution in [-0.2, 0) is 4.74 Å². The molecule has 0 bridgehead atoms. The quantitative estimate of drug-likeness (QED) is 0.451. The Morgan fingerprint density at radius 2 is 2.44 bits per heavy atom. The van der Waals surface area contributed by atoms with Crippen LogP contribution in [0.1, 0.15) is 20.3 Å². The van der Waals surface area contributed by atoms with Gasteiger partial charge >= 0.3 is 0 Å². The Balaban J connectivity index is 2.49. The van der Waals surface area contributed by atoms with Gasteiger partial charge in [0, 0.05) is 5.92 Å². The van der Waals surface area contributed by atoms with E-state index in [4.69, 9.17) is 4.74 Å². The minimum absolute atomic E-state index is 0.656. The molecule has 52 valence electrons. The smallest absolute Gasteiger partial charge is 0.0528 e. The molecule has 0 spiro atoms. The lowest BCUT2D eigenvalue weighted by Crippen LogP contribution is -2.16. The van der Waals surface area contributed by atoms with E-state index in [1.54, 1.807) is 5.57 Å². The van der Waals surface area contributed by atoms with Gasteiger partial charge in [0.1, 0.15) is 0 Å². The van der Waals surface area contributed by atoms with Crippen molar-refractivity contribution in [3.63, 3.8) is 0 Å². The highest BCUT2D eigenvalue weighted by Crippen LogP contribution is 2.19. The van der Waals surface area contributed by atoms with Gasteiger partial charge in [-0.05, 0) is 13.3 Å². The minimum atomic E-state index is 0.656. The van der Waals surface area contributed by atoms with Crippen molar-refractivity contribution in [1.29, 1.82) is 0 Å². The first kappa shape index (κ1) is 6.81. The molecular formula is C8H14O. The summed E-state index contributed by atoms with van der Waals surface area (Å²) in [6.07, 6.45) is 3.35. The zero-order valence-corrected chi connectivity index (χ0v) is 6.18. The van der Waals surface area contributed by atoms with Crippen molar-refractivity contribution in [3.8, 4) is 0 Å². The van der Waals surface area contributed by atoms with E-state index < -0.39 is 0 Å². The van der Waals surface area contributed by atoms with Crippen molar-refractivity contribution < 1.29 is 4.74 Å². The van der Waals surface area contributed by atoms with E-state index in [2.05, 4.69) is 19.9 Å². The van der Waals surface area contributed by atoms with Crippen LogP contribution in [0.5, 0.6) is 0 Å². The third-order valence-electron chi connectivity index (χ3n) is 1.91. The first-order chi connectivity index (χ1) is 4.34.